The van der Waals surface area contributed by atoms with E-state index >= 15 is 0 Å². The number of hydrogen-bond donors (Lipinski definition) is 0. The molecule has 0 N–H and O–H groups in total. The molecule has 0 aliphatic heterocycles. The van der Waals surface area contributed by atoms with Crippen molar-refractivity contribution in [1.29, 1.82) is 0 Å². The lowest BCUT2D eigenvalue weighted by molar-refractivity contribution is 0.439. The van der Waals surface area contributed by atoms with Crippen LogP contribution in [-0.2, 0) is 18.9 Å². The van der Waals surface area contributed by atoms with E-state index in [2.05, 4.69) is 44.1 Å². The summed E-state index contributed by atoms with van der Waals surface area (Å²) >= 11 is 1.66. The maximum Gasteiger partial charge on any atom is 0.265 e. The van der Waals surface area contributed by atoms with Gasteiger partial charge in [-0.3, -0.25) is 4.79 Å². The summed E-state index contributed by atoms with van der Waals surface area (Å²) < 4.78 is 3.47. The highest BCUT2D eigenvalue weighted by Gasteiger charge is 2.38. The first-order valence-electron chi connectivity index (χ1n) is 10.2. The first-order valence-corrected chi connectivity index (χ1v) is 11.2. The van der Waals surface area contributed by atoms with Crippen LogP contribution in [0.1, 0.15) is 57.6 Å². The van der Waals surface area contributed by atoms with Gasteiger partial charge in [0.05, 0.1) is 11.3 Å². The second-order valence-corrected chi connectivity index (χ2v) is 9.05. The molecule has 0 radical (unpaired) electrons. The van der Waals surface area contributed by atoms with E-state index in [-0.39, 0.29) is 11.0 Å². The van der Waals surface area contributed by atoms with Crippen LogP contribution in [0.4, 0.5) is 0 Å². The van der Waals surface area contributed by atoms with E-state index in [4.69, 9.17) is 4.98 Å². The molecular formula is C22H28N4OS. The molecule has 0 amide bonds. The number of aryl methyl sites for hydroxylation is 1. The Hall–Kier alpha value is -2.08. The average Bonchev–Trinajstić information content (AvgIpc) is 3.01. The molecule has 4 rings (SSSR count). The molecule has 2 aromatic heterocycles. The predicted octanol–water partition coefficient (Wildman–Crippen LogP) is 4.60. The lowest BCUT2D eigenvalue weighted by Gasteiger charge is -2.34. The minimum absolute atomic E-state index is 0.0462. The maximum atomic E-state index is 13.7. The lowest BCUT2D eigenvalue weighted by atomic mass is 9.69. The van der Waals surface area contributed by atoms with Crippen molar-refractivity contribution in [2.45, 2.75) is 63.4 Å². The van der Waals surface area contributed by atoms with Gasteiger partial charge in [0, 0.05) is 23.8 Å². The maximum absolute atomic E-state index is 13.7. The summed E-state index contributed by atoms with van der Waals surface area (Å²) in [6, 6.07) is 8.34. The molecule has 1 aliphatic carbocycles. The zero-order chi connectivity index (χ0) is 19.9. The summed E-state index contributed by atoms with van der Waals surface area (Å²) in [4.78, 5) is 18.7. The zero-order valence-corrected chi connectivity index (χ0v) is 18.0. The van der Waals surface area contributed by atoms with E-state index in [1.165, 1.54) is 18.4 Å². The summed E-state index contributed by atoms with van der Waals surface area (Å²) in [6.07, 6.45) is 5.29. The largest absolute Gasteiger partial charge is 0.268 e. The predicted molar refractivity (Wildman–Crippen MR) is 115 cm³/mol. The van der Waals surface area contributed by atoms with Crippen LogP contribution in [0.25, 0.3) is 17.0 Å². The molecule has 0 bridgehead atoms. The summed E-state index contributed by atoms with van der Waals surface area (Å²) in [6.45, 7) is 6.56. The molecule has 2 heterocycles. The molecule has 148 valence electrons. The van der Waals surface area contributed by atoms with Gasteiger partial charge in [0.2, 0.25) is 5.78 Å². The molecule has 5 nitrogen and oxygen atoms in total. The van der Waals surface area contributed by atoms with Crippen LogP contribution in [0, 0.1) is 0 Å². The second kappa shape index (κ2) is 7.39. The third-order valence-corrected chi connectivity index (χ3v) is 7.01. The first-order chi connectivity index (χ1) is 13.5. The number of rotatable bonds is 6. The van der Waals surface area contributed by atoms with Gasteiger partial charge in [-0.15, -0.1) is 5.10 Å². The highest BCUT2D eigenvalue weighted by atomic mass is 32.2. The monoisotopic (exact) mass is 396 g/mol. The minimum atomic E-state index is -0.213. The molecule has 0 spiro atoms. The number of aromatic nitrogens is 4. The third kappa shape index (κ3) is 2.98. The number of nitrogens with zero attached hydrogens (tertiary/aromatic N) is 4. The smallest absolute Gasteiger partial charge is 0.265 e. The van der Waals surface area contributed by atoms with Crippen molar-refractivity contribution in [3.05, 3.63) is 45.7 Å². The van der Waals surface area contributed by atoms with Crippen LogP contribution in [0.15, 0.2) is 34.2 Å². The molecule has 0 saturated heterocycles. The van der Waals surface area contributed by atoms with E-state index in [0.717, 1.165) is 47.0 Å². The van der Waals surface area contributed by atoms with Gasteiger partial charge >= 0.3 is 0 Å². The molecular weight excluding hydrogens is 368 g/mol. The molecule has 6 heteroatoms. The van der Waals surface area contributed by atoms with E-state index in [0.29, 0.717) is 5.78 Å². The van der Waals surface area contributed by atoms with Crippen molar-refractivity contribution in [1.82, 2.24) is 19.2 Å². The van der Waals surface area contributed by atoms with Crippen LogP contribution >= 0.6 is 11.8 Å². The van der Waals surface area contributed by atoms with Gasteiger partial charge in [0.15, 0.2) is 5.16 Å². The van der Waals surface area contributed by atoms with Gasteiger partial charge < -0.3 is 0 Å². The van der Waals surface area contributed by atoms with E-state index < -0.39 is 0 Å². The van der Waals surface area contributed by atoms with Crippen molar-refractivity contribution >= 4 is 17.5 Å². The van der Waals surface area contributed by atoms with Crippen LogP contribution in [0.5, 0.6) is 0 Å². The van der Waals surface area contributed by atoms with Crippen molar-refractivity contribution in [2.75, 3.05) is 5.75 Å². The van der Waals surface area contributed by atoms with E-state index in [1.807, 2.05) is 13.1 Å². The third-order valence-electron chi connectivity index (χ3n) is 6.00. The Morgan fingerprint density at radius 2 is 2.00 bits per heavy atom. The van der Waals surface area contributed by atoms with Gasteiger partial charge in [-0.1, -0.05) is 69.6 Å². The van der Waals surface area contributed by atoms with Crippen LogP contribution in [0.2, 0.25) is 0 Å². The second-order valence-electron chi connectivity index (χ2n) is 7.99. The van der Waals surface area contributed by atoms with E-state index in [9.17, 15) is 4.79 Å². The van der Waals surface area contributed by atoms with Gasteiger partial charge in [0.1, 0.15) is 0 Å². The highest BCUT2D eigenvalue weighted by molar-refractivity contribution is 7.99. The number of fused-ring (bicyclic) bond motifs is 4. The Morgan fingerprint density at radius 1 is 1.21 bits per heavy atom. The summed E-state index contributed by atoms with van der Waals surface area (Å²) in [7, 11) is 1.87. The fourth-order valence-electron chi connectivity index (χ4n) is 4.18. The Balaban J connectivity index is 1.94. The minimum Gasteiger partial charge on any atom is -0.268 e. The quantitative estimate of drug-likeness (QED) is 0.451. The zero-order valence-electron chi connectivity index (χ0n) is 17.2. The summed E-state index contributed by atoms with van der Waals surface area (Å²) in [5.74, 6) is 1.59. The van der Waals surface area contributed by atoms with Gasteiger partial charge in [-0.2, -0.15) is 0 Å². The number of unbranched alkanes of at least 4 members (excludes halogenated alkanes) is 2. The van der Waals surface area contributed by atoms with Gasteiger partial charge in [-0.25, -0.2) is 14.1 Å². The topological polar surface area (TPSA) is 52.2 Å². The van der Waals surface area contributed by atoms with Crippen molar-refractivity contribution in [2.24, 2.45) is 7.05 Å². The average molecular weight is 397 g/mol. The van der Waals surface area contributed by atoms with Gasteiger partial charge in [0.25, 0.3) is 5.56 Å². The lowest BCUT2D eigenvalue weighted by Crippen LogP contribution is -2.37. The molecule has 1 aromatic carbocycles. The molecule has 0 saturated carbocycles. The van der Waals surface area contributed by atoms with Gasteiger partial charge in [-0.05, 0) is 24.8 Å². The number of hydrogen-bond acceptors (Lipinski definition) is 4. The normalized spacial score (nSPS) is 18.3. The molecule has 3 aromatic rings. The first kappa shape index (κ1) is 19.2. The van der Waals surface area contributed by atoms with Crippen molar-refractivity contribution < 1.29 is 0 Å². The van der Waals surface area contributed by atoms with Crippen molar-refractivity contribution in [3.8, 4) is 11.3 Å². The summed E-state index contributed by atoms with van der Waals surface area (Å²) in [5.41, 5.74) is 3.86. The molecule has 0 unspecified atom stereocenters. The number of thioether (sulfide) groups is 1. The molecule has 1 aliphatic rings. The fourth-order valence-corrected chi connectivity index (χ4v) is 5.19. The molecule has 1 atom stereocenters. The Kier molecular flexibility index (Phi) is 5.08. The van der Waals surface area contributed by atoms with Crippen LogP contribution in [-0.4, -0.2) is 24.9 Å². The van der Waals surface area contributed by atoms with Crippen LogP contribution < -0.4 is 5.56 Å². The summed E-state index contributed by atoms with van der Waals surface area (Å²) in [5, 5.41) is 5.38. The van der Waals surface area contributed by atoms with Crippen LogP contribution in [0.3, 0.4) is 0 Å². The molecule has 0 fully saturated rings. The Labute approximate surface area is 170 Å². The Morgan fingerprint density at radius 3 is 2.75 bits per heavy atom. The van der Waals surface area contributed by atoms with Crippen molar-refractivity contribution in [3.63, 3.8) is 0 Å². The Bertz CT molecular complexity index is 1080. The fraction of sp³-hybridized carbons (Fsp3) is 0.500. The molecule has 28 heavy (non-hydrogen) atoms. The SMILES string of the molecule is CCCCCSc1nn(C)c2nc3c(c(=O)n12)[C@](C)(CC)Cc1ccccc1-3. The highest BCUT2D eigenvalue weighted by Crippen LogP contribution is 2.42. The van der Waals surface area contributed by atoms with E-state index in [1.54, 1.807) is 20.8 Å². The standard InChI is InChI=1S/C22H28N4OS/c1-5-7-10-13-28-21-24-25(4)20-23-18-16-12-9-8-11-15(16)14-22(3,6-2)17(18)19(27)26(20)21/h8-9,11-12H,5-7,10,13-14H2,1-4H3/t22-/m1/s1. The number of benzene rings is 1.